The maximum absolute atomic E-state index is 14.8. The largest absolute Gasteiger partial charge is 0.490 e. The fourth-order valence-electron chi connectivity index (χ4n) is 11.0. The van der Waals surface area contributed by atoms with Crippen LogP contribution in [0.5, 0.6) is 5.75 Å². The van der Waals surface area contributed by atoms with Gasteiger partial charge in [0.05, 0.1) is 23.7 Å². The van der Waals surface area contributed by atoms with Gasteiger partial charge in [-0.05, 0) is 113 Å². The number of rotatable bonds is 9. The molecule has 1 amide bonds. The Labute approximate surface area is 323 Å². The van der Waals surface area contributed by atoms with E-state index in [1.54, 1.807) is 22.8 Å². The van der Waals surface area contributed by atoms with E-state index in [2.05, 4.69) is 15.3 Å². The number of carbonyl (C=O) groups excluding carboxylic acids is 1. The molecule has 0 radical (unpaired) electrons. The minimum absolute atomic E-state index is 0.0966. The third kappa shape index (κ3) is 7.69. The van der Waals surface area contributed by atoms with E-state index in [0.717, 1.165) is 12.6 Å². The molecule has 0 unspecified atom stereocenters. The molecule has 4 bridgehead atoms. The summed E-state index contributed by atoms with van der Waals surface area (Å²) in [5.41, 5.74) is -3.46. The van der Waals surface area contributed by atoms with Crippen LogP contribution in [0.4, 0.5) is 35.1 Å². The van der Waals surface area contributed by atoms with E-state index in [9.17, 15) is 49.8 Å². The van der Waals surface area contributed by atoms with Gasteiger partial charge in [0.2, 0.25) is 5.92 Å². The van der Waals surface area contributed by atoms with Crippen molar-refractivity contribution in [2.45, 2.75) is 125 Å². The number of nitrogens with zero attached hydrogens (tertiary/aromatic N) is 4. The van der Waals surface area contributed by atoms with Crippen molar-refractivity contribution in [3.63, 3.8) is 0 Å². The highest BCUT2D eigenvalue weighted by atomic mass is 19.4. The molecule has 0 saturated heterocycles. The molecule has 17 heteroatoms. The molecule has 6 saturated carbocycles. The van der Waals surface area contributed by atoms with Crippen LogP contribution in [0.25, 0.3) is 22.3 Å². The van der Waals surface area contributed by atoms with Gasteiger partial charge in [-0.1, -0.05) is 0 Å². The summed E-state index contributed by atoms with van der Waals surface area (Å²) < 4.78 is 120. The second kappa shape index (κ2) is 14.4. The topological polar surface area (TPSA) is 110 Å². The average molecular weight is 812 g/mol. The molecule has 0 spiro atoms. The molecular formula is C40H45F8N5O4. The molecule has 0 aliphatic heterocycles. The molecule has 9 rings (SSSR count). The molecule has 0 atom stereocenters. The summed E-state index contributed by atoms with van der Waals surface area (Å²) >= 11 is 0. The highest BCUT2D eigenvalue weighted by Gasteiger charge is 2.62. The highest BCUT2D eigenvalue weighted by molar-refractivity contribution is 6.00. The number of carboxylic acid groups (broad SMARTS) is 1. The number of fused-ring (bicyclic) bond motifs is 1. The number of hydrogen-bond acceptors (Lipinski definition) is 6. The zero-order valence-corrected chi connectivity index (χ0v) is 31.3. The maximum atomic E-state index is 14.8. The van der Waals surface area contributed by atoms with E-state index in [4.69, 9.17) is 4.74 Å². The number of aromatic nitrogens is 3. The number of alkyl halides is 8. The Morgan fingerprint density at radius 3 is 2.16 bits per heavy atom. The Hall–Kier alpha value is -4.02. The zero-order chi connectivity index (χ0) is 40.7. The van der Waals surface area contributed by atoms with Crippen molar-refractivity contribution in [2.75, 3.05) is 13.6 Å². The highest BCUT2D eigenvalue weighted by Crippen LogP contribution is 2.58. The standard InChI is InChI=1S/C40H45F8N5O4/c1-52(20-38(43,44)45)25-2-4-27(5-3-25)57-28-6-7-29-31(19-53(32(29)17-28)26-8-10-37(41,42)11-9-26)34-49-18-30(33(50-34)40(46,47)48)35(54)51-39(36(55)56)23-13-21-12-22(15-23)16-24(39)14-21/h6-7,17-19,21-27H,2-5,8-16,20H2,1H3,(H,51,54)(H,55,56)/t21?,22?,23?,24?,25-,27-,39?. The minimum atomic E-state index is -5.13. The summed E-state index contributed by atoms with van der Waals surface area (Å²) in [7, 11) is 1.45. The van der Waals surface area contributed by atoms with Gasteiger partial charge in [0, 0.05) is 54.3 Å². The van der Waals surface area contributed by atoms with Crippen molar-refractivity contribution in [1.29, 1.82) is 0 Å². The van der Waals surface area contributed by atoms with Gasteiger partial charge < -0.3 is 19.7 Å². The van der Waals surface area contributed by atoms with Crippen molar-refractivity contribution in [3.8, 4) is 17.1 Å². The third-order valence-electron chi connectivity index (χ3n) is 13.5. The molecule has 2 aromatic heterocycles. The van der Waals surface area contributed by atoms with Gasteiger partial charge in [-0.2, -0.15) is 26.3 Å². The zero-order valence-electron chi connectivity index (χ0n) is 31.3. The first kappa shape index (κ1) is 39.8. The number of halogens is 8. The molecular weight excluding hydrogens is 766 g/mol. The van der Waals surface area contributed by atoms with Crippen LogP contribution in [-0.2, 0) is 11.0 Å². The Bertz CT molecular complexity index is 1990. The number of carboxylic acids is 1. The molecule has 57 heavy (non-hydrogen) atoms. The van der Waals surface area contributed by atoms with Gasteiger partial charge in [0.25, 0.3) is 5.91 Å². The summed E-state index contributed by atoms with van der Waals surface area (Å²) in [5, 5.41) is 13.4. The molecule has 6 fully saturated rings. The van der Waals surface area contributed by atoms with E-state index in [0.29, 0.717) is 79.9 Å². The predicted molar refractivity (Wildman–Crippen MR) is 191 cm³/mol. The van der Waals surface area contributed by atoms with E-state index in [1.165, 1.54) is 18.1 Å². The van der Waals surface area contributed by atoms with Crippen LogP contribution in [0.1, 0.15) is 106 Å². The minimum Gasteiger partial charge on any atom is -0.490 e. The lowest BCUT2D eigenvalue weighted by molar-refractivity contribution is -0.163. The molecule has 2 heterocycles. The summed E-state index contributed by atoms with van der Waals surface area (Å²) in [4.78, 5) is 36.0. The van der Waals surface area contributed by atoms with Crippen LogP contribution in [0.2, 0.25) is 0 Å². The van der Waals surface area contributed by atoms with Crippen molar-refractivity contribution in [2.24, 2.45) is 23.7 Å². The Morgan fingerprint density at radius 1 is 0.947 bits per heavy atom. The first-order valence-electron chi connectivity index (χ1n) is 19.8. The first-order valence-corrected chi connectivity index (χ1v) is 19.8. The lowest BCUT2D eigenvalue weighted by Crippen LogP contribution is -2.70. The summed E-state index contributed by atoms with van der Waals surface area (Å²) in [5.74, 6) is -5.40. The van der Waals surface area contributed by atoms with Gasteiger partial charge in [-0.15, -0.1) is 0 Å². The second-order valence-electron chi connectivity index (χ2n) is 17.2. The molecule has 9 nitrogen and oxygen atoms in total. The number of hydrogen-bond donors (Lipinski definition) is 2. The lowest BCUT2D eigenvalue weighted by atomic mass is 9.48. The van der Waals surface area contributed by atoms with Crippen LogP contribution >= 0.6 is 0 Å². The smallest absolute Gasteiger partial charge is 0.434 e. The monoisotopic (exact) mass is 811 g/mol. The number of carbonyl (C=O) groups is 2. The summed E-state index contributed by atoms with van der Waals surface area (Å²) in [6.45, 7) is -1.01. The number of amides is 1. The molecule has 1 aromatic carbocycles. The van der Waals surface area contributed by atoms with Crippen molar-refractivity contribution >= 4 is 22.8 Å². The van der Waals surface area contributed by atoms with Gasteiger partial charge in [-0.3, -0.25) is 9.69 Å². The average Bonchev–Trinajstić information content (AvgIpc) is 3.50. The van der Waals surface area contributed by atoms with E-state index in [1.807, 2.05) is 0 Å². The van der Waals surface area contributed by atoms with Crippen molar-refractivity contribution in [3.05, 3.63) is 41.9 Å². The molecule has 310 valence electrons. The number of nitrogens with one attached hydrogen (secondary N) is 1. The van der Waals surface area contributed by atoms with Crippen LogP contribution < -0.4 is 10.1 Å². The fourth-order valence-corrected chi connectivity index (χ4v) is 11.0. The summed E-state index contributed by atoms with van der Waals surface area (Å²) in [6.07, 6.45) is -2.69. The summed E-state index contributed by atoms with van der Waals surface area (Å²) in [6, 6.07) is 4.23. The molecule has 6 aliphatic carbocycles. The Kier molecular flexibility index (Phi) is 10.0. The van der Waals surface area contributed by atoms with Crippen LogP contribution in [0.15, 0.2) is 30.6 Å². The van der Waals surface area contributed by atoms with Crippen LogP contribution in [0, 0.1) is 23.7 Å². The molecule has 6 aliphatic rings. The van der Waals surface area contributed by atoms with Crippen LogP contribution in [0.3, 0.4) is 0 Å². The van der Waals surface area contributed by atoms with Gasteiger partial charge >= 0.3 is 18.3 Å². The molecule has 2 N–H and O–H groups in total. The van der Waals surface area contributed by atoms with Gasteiger partial charge in [-0.25, -0.2) is 23.5 Å². The normalized spacial score (nSPS) is 30.2. The van der Waals surface area contributed by atoms with Gasteiger partial charge in [0.1, 0.15) is 11.3 Å². The molecule has 3 aromatic rings. The van der Waals surface area contributed by atoms with Crippen molar-refractivity contribution in [1.82, 2.24) is 24.8 Å². The first-order chi connectivity index (χ1) is 26.8. The van der Waals surface area contributed by atoms with E-state index in [-0.39, 0.29) is 49.2 Å². The maximum Gasteiger partial charge on any atom is 0.434 e. The Balaban J connectivity index is 1.09. The lowest BCUT2D eigenvalue weighted by Gasteiger charge is -2.59. The van der Waals surface area contributed by atoms with Gasteiger partial charge in [0.15, 0.2) is 11.5 Å². The number of aliphatic carboxylic acids is 1. The van der Waals surface area contributed by atoms with E-state index < -0.39 is 71.4 Å². The van der Waals surface area contributed by atoms with Crippen LogP contribution in [-0.4, -0.2) is 79.8 Å². The number of ether oxygens (including phenoxy) is 1. The second-order valence-corrected chi connectivity index (χ2v) is 17.2. The number of benzene rings is 1. The predicted octanol–water partition coefficient (Wildman–Crippen LogP) is 9.06. The third-order valence-corrected chi connectivity index (χ3v) is 13.5. The fraction of sp³-hybridized carbons (Fsp3) is 0.650. The quantitative estimate of drug-likeness (QED) is 0.208. The van der Waals surface area contributed by atoms with Crippen molar-refractivity contribution < 1.29 is 54.6 Å². The SMILES string of the molecule is CN(CC(F)(F)F)[C@H]1CC[C@H](Oc2ccc3c(-c4ncc(C(=O)NC5(C(=O)O)C6CC7CC(C6)CC5C7)c(C(F)(F)F)n4)cn(C4CCC(F)(F)CC4)c3c2)CC1. The Morgan fingerprint density at radius 2 is 1.58 bits per heavy atom. The van der Waals surface area contributed by atoms with E-state index >= 15 is 0 Å².